The van der Waals surface area contributed by atoms with Crippen molar-refractivity contribution in [3.63, 3.8) is 0 Å². The Bertz CT molecular complexity index is 808. The van der Waals surface area contributed by atoms with Crippen LogP contribution in [0.15, 0.2) is 36.4 Å². The number of thioether (sulfide) groups is 1. The minimum absolute atomic E-state index is 0.135. The number of aliphatic hydroxyl groups is 2. The molecule has 158 valence electrons. The lowest BCUT2D eigenvalue weighted by Crippen LogP contribution is -2.39. The average Bonchev–Trinajstić information content (AvgIpc) is 2.68. The topological polar surface area (TPSA) is 79.2 Å². The number of benzene rings is 2. The van der Waals surface area contributed by atoms with Crippen LogP contribution in [0.2, 0.25) is 0 Å². The highest BCUT2D eigenvalue weighted by Gasteiger charge is 2.38. The van der Waals surface area contributed by atoms with E-state index >= 15 is 0 Å². The number of aryl methyl sites for hydroxylation is 1. The molecule has 0 amide bonds. The molecule has 0 bridgehead atoms. The lowest BCUT2D eigenvalue weighted by molar-refractivity contribution is 0.0503. The average molecular weight is 419 g/mol. The number of methoxy groups -OCH3 is 1. The Labute approximate surface area is 176 Å². The minimum Gasteiger partial charge on any atom is -0.508 e. The summed E-state index contributed by atoms with van der Waals surface area (Å²) in [6.07, 6.45) is -0.353. The molecular weight excluding hydrogens is 388 g/mol. The van der Waals surface area contributed by atoms with Crippen molar-refractivity contribution in [2.24, 2.45) is 0 Å². The third-order valence-electron chi connectivity index (χ3n) is 5.33. The first-order valence-electron chi connectivity index (χ1n) is 9.97. The number of phenolic OH excluding ortho intramolecular Hbond substituents is 1. The fourth-order valence-corrected chi connectivity index (χ4v) is 5.26. The summed E-state index contributed by atoms with van der Waals surface area (Å²) in [5, 5.41) is 31.0. The van der Waals surface area contributed by atoms with Gasteiger partial charge in [-0.3, -0.25) is 0 Å². The zero-order valence-corrected chi connectivity index (χ0v) is 18.0. The molecule has 1 saturated heterocycles. The van der Waals surface area contributed by atoms with Crippen LogP contribution in [0.5, 0.6) is 11.5 Å². The van der Waals surface area contributed by atoms with Crippen LogP contribution >= 0.6 is 11.8 Å². The second-order valence-electron chi connectivity index (χ2n) is 7.51. The van der Waals surface area contributed by atoms with E-state index in [2.05, 4.69) is 0 Å². The maximum atomic E-state index is 10.6. The van der Waals surface area contributed by atoms with E-state index in [1.54, 1.807) is 13.2 Å². The van der Waals surface area contributed by atoms with E-state index in [1.165, 1.54) is 11.8 Å². The highest BCUT2D eigenvalue weighted by molar-refractivity contribution is 8.00. The fraction of sp³-hybridized carbons (Fsp3) is 0.478. The summed E-state index contributed by atoms with van der Waals surface area (Å²) in [6.45, 7) is 4.99. The molecule has 1 aliphatic rings. The van der Waals surface area contributed by atoms with Crippen molar-refractivity contribution in [1.29, 1.82) is 0 Å². The molecule has 1 fully saturated rings. The van der Waals surface area contributed by atoms with Crippen LogP contribution in [0.4, 0.5) is 0 Å². The van der Waals surface area contributed by atoms with Crippen LogP contribution in [0.3, 0.4) is 0 Å². The molecule has 0 radical (unpaired) electrons. The van der Waals surface area contributed by atoms with Gasteiger partial charge in [-0.15, -0.1) is 11.8 Å². The highest BCUT2D eigenvalue weighted by Crippen LogP contribution is 2.46. The molecule has 0 saturated carbocycles. The van der Waals surface area contributed by atoms with Crippen LogP contribution in [0.25, 0.3) is 0 Å². The van der Waals surface area contributed by atoms with Crippen LogP contribution in [0, 0.1) is 6.92 Å². The molecule has 5 nitrogen and oxygen atoms in total. The minimum atomic E-state index is -0.727. The summed E-state index contributed by atoms with van der Waals surface area (Å²) in [4.78, 5) is 0. The summed E-state index contributed by atoms with van der Waals surface area (Å²) in [6, 6.07) is 11.8. The van der Waals surface area contributed by atoms with E-state index in [9.17, 15) is 15.3 Å². The second kappa shape index (κ2) is 9.85. The van der Waals surface area contributed by atoms with Gasteiger partial charge in [-0.1, -0.05) is 18.2 Å². The van der Waals surface area contributed by atoms with Gasteiger partial charge in [0.05, 0.1) is 35.9 Å². The molecule has 29 heavy (non-hydrogen) atoms. The van der Waals surface area contributed by atoms with Crippen LogP contribution in [0.1, 0.15) is 40.8 Å². The van der Waals surface area contributed by atoms with Gasteiger partial charge in [-0.25, -0.2) is 0 Å². The SMILES string of the molecule is CCOc1ccc(Cc2cc(C3SC(COC)C(O)CC3O)c(O)cc2C)cc1. The zero-order chi connectivity index (χ0) is 21.0. The van der Waals surface area contributed by atoms with Crippen molar-refractivity contribution < 1.29 is 24.8 Å². The van der Waals surface area contributed by atoms with Gasteiger partial charge >= 0.3 is 0 Å². The van der Waals surface area contributed by atoms with Gasteiger partial charge in [0.25, 0.3) is 0 Å². The molecule has 6 heteroatoms. The first-order valence-corrected chi connectivity index (χ1v) is 10.9. The molecule has 1 heterocycles. The molecule has 2 aromatic carbocycles. The van der Waals surface area contributed by atoms with Gasteiger partial charge in [0, 0.05) is 19.1 Å². The largest absolute Gasteiger partial charge is 0.508 e. The van der Waals surface area contributed by atoms with Crippen molar-refractivity contribution in [2.45, 2.75) is 49.4 Å². The molecule has 3 rings (SSSR count). The van der Waals surface area contributed by atoms with Crippen molar-refractivity contribution in [1.82, 2.24) is 0 Å². The van der Waals surface area contributed by atoms with E-state index in [4.69, 9.17) is 9.47 Å². The molecule has 1 aliphatic heterocycles. The van der Waals surface area contributed by atoms with Crippen LogP contribution in [-0.4, -0.2) is 53.1 Å². The molecule has 0 aliphatic carbocycles. The van der Waals surface area contributed by atoms with Gasteiger partial charge in [-0.05, 0) is 55.2 Å². The summed E-state index contributed by atoms with van der Waals surface area (Å²) in [5.74, 6) is 1.03. The molecular formula is C23H30O5S. The van der Waals surface area contributed by atoms with E-state index < -0.39 is 12.2 Å². The van der Waals surface area contributed by atoms with Gasteiger partial charge in [0.2, 0.25) is 0 Å². The number of hydrogen-bond acceptors (Lipinski definition) is 6. The number of aromatic hydroxyl groups is 1. The highest BCUT2D eigenvalue weighted by atomic mass is 32.2. The number of rotatable bonds is 7. The normalized spacial score (nSPS) is 24.4. The smallest absolute Gasteiger partial charge is 0.120 e. The summed E-state index contributed by atoms with van der Waals surface area (Å²) in [5.41, 5.74) is 3.97. The standard InChI is InChI=1S/C23H30O5S/c1-4-28-17-7-5-15(6-8-17)10-16-11-18(19(24)9-14(16)2)23-21(26)12-20(25)22(29-23)13-27-3/h5-9,11,20-26H,4,10,12-13H2,1-3H3. The van der Waals surface area contributed by atoms with Gasteiger partial charge in [-0.2, -0.15) is 0 Å². The predicted molar refractivity (Wildman–Crippen MR) is 116 cm³/mol. The van der Waals surface area contributed by atoms with Crippen molar-refractivity contribution in [3.8, 4) is 11.5 Å². The lowest BCUT2D eigenvalue weighted by Gasteiger charge is -2.36. The Balaban J connectivity index is 1.85. The molecule has 4 unspecified atom stereocenters. The molecule has 2 aromatic rings. The Morgan fingerprint density at radius 2 is 1.83 bits per heavy atom. The predicted octanol–water partition coefficient (Wildman–Crippen LogP) is 3.60. The van der Waals surface area contributed by atoms with Crippen LogP contribution in [-0.2, 0) is 11.2 Å². The van der Waals surface area contributed by atoms with Crippen LogP contribution < -0.4 is 4.74 Å². The monoisotopic (exact) mass is 418 g/mol. The molecule has 4 atom stereocenters. The second-order valence-corrected chi connectivity index (χ2v) is 8.90. The summed E-state index contributed by atoms with van der Waals surface area (Å²) < 4.78 is 10.7. The molecule has 0 spiro atoms. The summed E-state index contributed by atoms with van der Waals surface area (Å²) in [7, 11) is 1.60. The van der Waals surface area contributed by atoms with Gasteiger partial charge < -0.3 is 24.8 Å². The number of ether oxygens (including phenoxy) is 2. The number of phenols is 1. The number of aliphatic hydroxyl groups excluding tert-OH is 2. The maximum Gasteiger partial charge on any atom is 0.120 e. The number of hydrogen-bond donors (Lipinski definition) is 3. The van der Waals surface area contributed by atoms with E-state index in [1.807, 2.05) is 44.2 Å². The molecule has 0 aromatic heterocycles. The Kier molecular flexibility index (Phi) is 7.46. The van der Waals surface area contributed by atoms with Crippen molar-refractivity contribution in [2.75, 3.05) is 20.3 Å². The van der Waals surface area contributed by atoms with E-state index in [0.29, 0.717) is 18.8 Å². The van der Waals surface area contributed by atoms with Crippen molar-refractivity contribution in [3.05, 3.63) is 58.7 Å². The molecule has 3 N–H and O–H groups in total. The summed E-state index contributed by atoms with van der Waals surface area (Å²) >= 11 is 1.47. The Morgan fingerprint density at radius 1 is 1.10 bits per heavy atom. The lowest BCUT2D eigenvalue weighted by atomic mass is 9.93. The maximum absolute atomic E-state index is 10.6. The quantitative estimate of drug-likeness (QED) is 0.638. The third kappa shape index (κ3) is 5.25. The van der Waals surface area contributed by atoms with Gasteiger partial charge in [0.1, 0.15) is 11.5 Å². The van der Waals surface area contributed by atoms with Gasteiger partial charge in [0.15, 0.2) is 0 Å². The zero-order valence-electron chi connectivity index (χ0n) is 17.2. The van der Waals surface area contributed by atoms with E-state index in [0.717, 1.165) is 28.9 Å². The Hall–Kier alpha value is -1.73. The first kappa shape index (κ1) is 22.0. The Morgan fingerprint density at radius 3 is 2.48 bits per heavy atom. The van der Waals surface area contributed by atoms with Crippen molar-refractivity contribution >= 4 is 11.8 Å². The first-order chi connectivity index (χ1) is 13.9. The fourth-order valence-electron chi connectivity index (χ4n) is 3.75. The van der Waals surface area contributed by atoms with E-state index in [-0.39, 0.29) is 22.7 Å². The third-order valence-corrected chi connectivity index (χ3v) is 7.00.